The van der Waals surface area contributed by atoms with Crippen molar-refractivity contribution >= 4 is 45.1 Å². The second kappa shape index (κ2) is 8.40. The van der Waals surface area contributed by atoms with Gasteiger partial charge in [-0.25, -0.2) is 4.39 Å². The molecule has 3 heterocycles. The van der Waals surface area contributed by atoms with E-state index in [-0.39, 0.29) is 60.9 Å². The molecule has 1 saturated heterocycles. The van der Waals surface area contributed by atoms with Gasteiger partial charge < -0.3 is 10.2 Å². The molecule has 168 valence electrons. The maximum atomic E-state index is 15.2. The number of benzene rings is 2. The van der Waals surface area contributed by atoms with E-state index < -0.39 is 23.7 Å². The highest BCUT2D eigenvalue weighted by atomic mass is 32.1. The highest BCUT2D eigenvalue weighted by Gasteiger charge is 2.40. The molecule has 2 N–H and O–H groups in total. The van der Waals surface area contributed by atoms with Gasteiger partial charge in [-0.1, -0.05) is 24.3 Å². The summed E-state index contributed by atoms with van der Waals surface area (Å²) in [6.07, 6.45) is 0.552. The Morgan fingerprint density at radius 3 is 2.79 bits per heavy atom. The Morgan fingerprint density at radius 2 is 2.00 bits per heavy atom. The molecule has 33 heavy (non-hydrogen) atoms. The highest BCUT2D eigenvalue weighted by molar-refractivity contribution is 7.19. The number of hydrogen-bond acceptors (Lipinski definition) is 5. The van der Waals surface area contributed by atoms with Crippen LogP contribution in [-0.4, -0.2) is 34.6 Å². The number of halogens is 1. The third-order valence-electron chi connectivity index (χ3n) is 6.02. The number of imide groups is 1. The lowest BCUT2D eigenvalue weighted by atomic mass is 10.0. The molecule has 1 atom stereocenters. The summed E-state index contributed by atoms with van der Waals surface area (Å²) >= 11 is 1.55. The summed E-state index contributed by atoms with van der Waals surface area (Å²) in [6, 6.07) is 12.1. The van der Waals surface area contributed by atoms with Gasteiger partial charge in [0.2, 0.25) is 17.7 Å². The molecule has 1 fully saturated rings. The number of nitrogens with one attached hydrogen (secondary N) is 2. The van der Waals surface area contributed by atoms with E-state index in [0.717, 1.165) is 15.0 Å². The number of amides is 4. The smallest absolute Gasteiger partial charge is 0.255 e. The molecule has 0 aliphatic carbocycles. The number of rotatable bonds is 5. The zero-order valence-electron chi connectivity index (χ0n) is 17.5. The lowest BCUT2D eigenvalue weighted by molar-refractivity contribution is -0.137. The van der Waals surface area contributed by atoms with Crippen molar-refractivity contribution in [3.05, 3.63) is 69.8 Å². The molecule has 9 heteroatoms. The molecule has 1 unspecified atom stereocenters. The lowest BCUT2D eigenvalue weighted by Crippen LogP contribution is -2.52. The van der Waals surface area contributed by atoms with E-state index in [1.807, 2.05) is 30.3 Å². The van der Waals surface area contributed by atoms with Crippen LogP contribution in [0.2, 0.25) is 0 Å². The predicted octanol–water partition coefficient (Wildman–Crippen LogP) is 2.66. The number of carbonyl (C=O) groups is 4. The van der Waals surface area contributed by atoms with Crippen molar-refractivity contribution in [3.8, 4) is 0 Å². The fraction of sp³-hybridized carbons (Fsp3) is 0.250. The van der Waals surface area contributed by atoms with Crippen LogP contribution < -0.4 is 10.6 Å². The van der Waals surface area contributed by atoms with Crippen LogP contribution in [0.4, 0.5) is 4.39 Å². The fourth-order valence-corrected chi connectivity index (χ4v) is 5.39. The Kier molecular flexibility index (Phi) is 5.41. The first-order valence-electron chi connectivity index (χ1n) is 10.6. The van der Waals surface area contributed by atoms with Crippen LogP contribution in [0.1, 0.15) is 39.2 Å². The minimum atomic E-state index is -0.800. The van der Waals surface area contributed by atoms with Crippen molar-refractivity contribution in [1.82, 2.24) is 15.5 Å². The van der Waals surface area contributed by atoms with Gasteiger partial charge in [-0.15, -0.1) is 11.3 Å². The van der Waals surface area contributed by atoms with E-state index in [2.05, 4.69) is 10.6 Å². The molecular formula is C24H20FN3O4S. The van der Waals surface area contributed by atoms with Gasteiger partial charge in [0, 0.05) is 39.2 Å². The van der Waals surface area contributed by atoms with Crippen LogP contribution in [0, 0.1) is 5.82 Å². The lowest BCUT2D eigenvalue weighted by Gasteiger charge is -2.29. The number of piperidine rings is 1. The van der Waals surface area contributed by atoms with Crippen molar-refractivity contribution in [3.63, 3.8) is 0 Å². The number of hydrogen-bond donors (Lipinski definition) is 2. The average Bonchev–Trinajstić information content (AvgIpc) is 3.34. The van der Waals surface area contributed by atoms with Gasteiger partial charge in [0.25, 0.3) is 5.91 Å². The summed E-state index contributed by atoms with van der Waals surface area (Å²) in [7, 11) is 0. The molecule has 1 aromatic heterocycles. The molecule has 2 aromatic carbocycles. The van der Waals surface area contributed by atoms with E-state index in [4.69, 9.17) is 0 Å². The molecule has 7 nitrogen and oxygen atoms in total. The van der Waals surface area contributed by atoms with Crippen molar-refractivity contribution in [2.75, 3.05) is 0 Å². The topological polar surface area (TPSA) is 95.6 Å². The largest absolute Gasteiger partial charge is 0.352 e. The second-order valence-electron chi connectivity index (χ2n) is 8.17. The van der Waals surface area contributed by atoms with Crippen LogP contribution in [-0.2, 0) is 33.9 Å². The SMILES string of the molecule is O=C(Cc1cc2ccccc2s1)NCc1ccc2c(c1F)CN(C1CCC(=O)NC1=O)C2=O. The number of fused-ring (bicyclic) bond motifs is 2. The van der Waals surface area contributed by atoms with E-state index in [0.29, 0.717) is 0 Å². The Balaban J connectivity index is 1.26. The number of thiophene rings is 1. The molecule has 5 rings (SSSR count). The van der Waals surface area contributed by atoms with Gasteiger partial charge in [0.15, 0.2) is 0 Å². The van der Waals surface area contributed by atoms with Crippen molar-refractivity contribution < 1.29 is 23.6 Å². The van der Waals surface area contributed by atoms with Crippen molar-refractivity contribution in [1.29, 1.82) is 0 Å². The molecule has 4 amide bonds. The van der Waals surface area contributed by atoms with Crippen LogP contribution >= 0.6 is 11.3 Å². The third kappa shape index (κ3) is 4.00. The average molecular weight is 466 g/mol. The minimum absolute atomic E-state index is 0.00452. The van der Waals surface area contributed by atoms with E-state index >= 15 is 4.39 Å². The third-order valence-corrected chi connectivity index (χ3v) is 7.13. The Morgan fingerprint density at radius 1 is 1.18 bits per heavy atom. The molecule has 0 spiro atoms. The van der Waals surface area contributed by atoms with Gasteiger partial charge in [-0.2, -0.15) is 0 Å². The van der Waals surface area contributed by atoms with Gasteiger partial charge in [-0.05, 0) is 30.0 Å². The van der Waals surface area contributed by atoms with Crippen molar-refractivity contribution in [2.24, 2.45) is 0 Å². The first-order chi connectivity index (χ1) is 15.9. The molecule has 3 aromatic rings. The molecule has 0 bridgehead atoms. The number of nitrogens with zero attached hydrogens (tertiary/aromatic N) is 1. The predicted molar refractivity (Wildman–Crippen MR) is 120 cm³/mol. The second-order valence-corrected chi connectivity index (χ2v) is 9.34. The summed E-state index contributed by atoms with van der Waals surface area (Å²) in [4.78, 5) is 51.0. The molecule has 2 aliphatic rings. The fourth-order valence-electron chi connectivity index (χ4n) is 4.33. The standard InChI is InChI=1S/C24H20FN3O4S/c25-22-14(11-26-21(30)10-15-9-13-3-1-2-4-19(13)33-15)5-6-16-17(22)12-28(24(16)32)18-7-8-20(29)27-23(18)31/h1-6,9,18H,7-8,10-12H2,(H,26,30)(H,27,29,31). The summed E-state index contributed by atoms with van der Waals surface area (Å²) in [6.45, 7) is -0.0503. The van der Waals surface area contributed by atoms with Gasteiger partial charge in [0.1, 0.15) is 11.9 Å². The zero-order valence-corrected chi connectivity index (χ0v) is 18.3. The Hall–Kier alpha value is -3.59. The van der Waals surface area contributed by atoms with E-state index in [1.165, 1.54) is 17.0 Å². The maximum absolute atomic E-state index is 15.2. The normalized spacial score (nSPS) is 17.9. The van der Waals surface area contributed by atoms with Gasteiger partial charge in [0.05, 0.1) is 13.0 Å². The summed E-state index contributed by atoms with van der Waals surface area (Å²) in [5.41, 5.74) is 0.690. The van der Waals surface area contributed by atoms with Crippen LogP contribution in [0.15, 0.2) is 42.5 Å². The van der Waals surface area contributed by atoms with E-state index in [1.54, 1.807) is 11.3 Å². The number of carbonyl (C=O) groups excluding carboxylic acids is 4. The highest BCUT2D eigenvalue weighted by Crippen LogP contribution is 2.31. The zero-order chi connectivity index (χ0) is 23.1. The minimum Gasteiger partial charge on any atom is -0.352 e. The molecular weight excluding hydrogens is 445 g/mol. The van der Waals surface area contributed by atoms with Crippen molar-refractivity contribution in [2.45, 2.75) is 38.4 Å². The first-order valence-corrected chi connectivity index (χ1v) is 11.4. The van der Waals surface area contributed by atoms with Crippen LogP contribution in [0.3, 0.4) is 0 Å². The first kappa shape index (κ1) is 21.3. The quantitative estimate of drug-likeness (QED) is 0.567. The van der Waals surface area contributed by atoms with Gasteiger partial charge in [-0.3, -0.25) is 24.5 Å². The molecule has 0 saturated carbocycles. The monoisotopic (exact) mass is 465 g/mol. The van der Waals surface area contributed by atoms with Gasteiger partial charge >= 0.3 is 0 Å². The van der Waals surface area contributed by atoms with Crippen LogP contribution in [0.5, 0.6) is 0 Å². The van der Waals surface area contributed by atoms with E-state index in [9.17, 15) is 19.2 Å². The molecule has 2 aliphatic heterocycles. The summed E-state index contributed by atoms with van der Waals surface area (Å²) < 4.78 is 16.3. The van der Waals surface area contributed by atoms with Crippen LogP contribution in [0.25, 0.3) is 10.1 Å². The summed E-state index contributed by atoms with van der Waals surface area (Å²) in [5, 5.41) is 6.06. The Bertz CT molecular complexity index is 1290. The maximum Gasteiger partial charge on any atom is 0.255 e. The Labute approximate surface area is 192 Å². The summed E-state index contributed by atoms with van der Waals surface area (Å²) in [5.74, 6) is -2.12. The molecule has 0 radical (unpaired) electrons.